The Morgan fingerprint density at radius 1 is 0.655 bits per heavy atom. The van der Waals surface area contributed by atoms with Gasteiger partial charge in [0.05, 0.1) is 7.34 Å². The molecular weight excluding hydrogens is 373 g/mol. The molecule has 0 amide bonds. The summed E-state index contributed by atoms with van der Waals surface area (Å²) in [5.74, 6) is 0. The molecule has 29 heavy (non-hydrogen) atoms. The van der Waals surface area contributed by atoms with Gasteiger partial charge in [-0.2, -0.15) is 0 Å². The van der Waals surface area contributed by atoms with E-state index in [-0.39, 0.29) is 0 Å². The summed E-state index contributed by atoms with van der Waals surface area (Å²) in [6.07, 6.45) is 12.2. The summed E-state index contributed by atoms with van der Waals surface area (Å²) >= 11 is 0. The first-order valence-electron chi connectivity index (χ1n) is 9.56. The number of hydrogen-bond acceptors (Lipinski definition) is 3. The Morgan fingerprint density at radius 3 is 1.59 bits per heavy atom. The molecule has 0 fully saturated rings. The zero-order chi connectivity index (χ0) is 22.0. The number of rotatable bonds is 7. The van der Waals surface area contributed by atoms with E-state index in [4.69, 9.17) is 0 Å². The molecule has 0 aromatic heterocycles. The summed E-state index contributed by atoms with van der Waals surface area (Å²) in [6.45, 7) is 7.70. The third-order valence-electron chi connectivity index (χ3n) is 4.77. The molecule has 3 nitrogen and oxygen atoms in total. The van der Waals surface area contributed by atoms with Crippen molar-refractivity contribution >= 4 is 37.9 Å². The van der Waals surface area contributed by atoms with Gasteiger partial charge in [-0.3, -0.25) is 14.0 Å². The van der Waals surface area contributed by atoms with Crippen LogP contribution in [-0.4, -0.2) is 62.6 Å². The predicted molar refractivity (Wildman–Crippen MR) is 137 cm³/mol. The lowest BCUT2D eigenvalue weighted by Gasteiger charge is -2.41. The maximum absolute atomic E-state index is 4.26. The van der Waals surface area contributed by atoms with Crippen LogP contribution in [0.1, 0.15) is 22.3 Å². The molecule has 0 saturated carbocycles. The molecule has 2 rings (SSSR count). The SMILES string of the molecule is C=Cc1cccc(C=Cc2ccccc2)c1C=C.C=P(N(C)C)(N(C)C)N(C)C. The van der Waals surface area contributed by atoms with Gasteiger partial charge in [0, 0.05) is 0 Å². The van der Waals surface area contributed by atoms with Gasteiger partial charge in [0.1, 0.15) is 0 Å². The molecule has 0 spiro atoms. The maximum Gasteiger partial charge on any atom is 0.0729 e. The van der Waals surface area contributed by atoms with Gasteiger partial charge in [0.15, 0.2) is 0 Å². The van der Waals surface area contributed by atoms with Crippen molar-refractivity contribution in [3.8, 4) is 0 Å². The molecule has 0 atom stereocenters. The molecule has 0 N–H and O–H groups in total. The molecule has 0 heterocycles. The van der Waals surface area contributed by atoms with Gasteiger partial charge in [0.25, 0.3) is 0 Å². The van der Waals surface area contributed by atoms with Crippen LogP contribution in [0, 0.1) is 0 Å². The summed E-state index contributed by atoms with van der Waals surface area (Å²) in [7, 11) is 11.0. The quantitative estimate of drug-likeness (QED) is 0.410. The van der Waals surface area contributed by atoms with Crippen molar-refractivity contribution in [2.75, 3.05) is 42.3 Å². The fraction of sp³-hybridized carbons (Fsp3) is 0.240. The van der Waals surface area contributed by atoms with Crippen molar-refractivity contribution in [1.82, 2.24) is 14.0 Å². The fourth-order valence-corrected chi connectivity index (χ4v) is 5.13. The Hall–Kier alpha value is -2.16. The Bertz CT molecular complexity index is 836. The average Bonchev–Trinajstić information content (AvgIpc) is 2.71. The van der Waals surface area contributed by atoms with Crippen LogP contribution >= 0.6 is 7.34 Å². The highest BCUT2D eigenvalue weighted by Gasteiger charge is 2.21. The van der Waals surface area contributed by atoms with Crippen LogP contribution < -0.4 is 0 Å². The molecule has 0 radical (unpaired) electrons. The molecule has 2 aromatic rings. The van der Waals surface area contributed by atoms with Gasteiger partial charge in [-0.05, 0) is 64.5 Å². The van der Waals surface area contributed by atoms with Crippen LogP contribution in [0.4, 0.5) is 0 Å². The van der Waals surface area contributed by atoms with Crippen molar-refractivity contribution < 1.29 is 0 Å². The second-order valence-electron chi connectivity index (χ2n) is 7.24. The van der Waals surface area contributed by atoms with Crippen molar-refractivity contribution in [1.29, 1.82) is 0 Å². The standard InChI is InChI=1S/C18H16.C7H20N3P/c1-3-16-11-8-12-17(18(16)4-2)14-13-15-9-6-5-7-10-15;1-8(2)11(7,9(3)4)10(5)6/h3-14H,1-2H2;7H2,1-6H3. The minimum absolute atomic E-state index is 1.11. The third-order valence-corrected chi connectivity index (χ3v) is 8.62. The molecule has 0 bridgehead atoms. The summed E-state index contributed by atoms with van der Waals surface area (Å²) in [5, 5.41) is 0. The zero-order valence-corrected chi connectivity index (χ0v) is 19.7. The van der Waals surface area contributed by atoms with E-state index in [0.29, 0.717) is 0 Å². The van der Waals surface area contributed by atoms with E-state index in [1.54, 1.807) is 0 Å². The second-order valence-corrected chi connectivity index (χ2v) is 11.0. The van der Waals surface area contributed by atoms with Crippen LogP contribution in [0.15, 0.2) is 61.7 Å². The highest BCUT2D eigenvalue weighted by atomic mass is 31.2. The molecule has 0 saturated heterocycles. The van der Waals surface area contributed by atoms with E-state index in [1.165, 1.54) is 5.56 Å². The van der Waals surface area contributed by atoms with E-state index in [0.717, 1.165) is 16.7 Å². The van der Waals surface area contributed by atoms with E-state index < -0.39 is 7.34 Å². The summed E-state index contributed by atoms with van der Waals surface area (Å²) in [5.41, 5.74) is 4.59. The van der Waals surface area contributed by atoms with Crippen LogP contribution in [0.3, 0.4) is 0 Å². The molecule has 0 aliphatic heterocycles. The van der Waals surface area contributed by atoms with Crippen molar-refractivity contribution in [2.24, 2.45) is 0 Å². The predicted octanol–water partition coefficient (Wildman–Crippen LogP) is 6.01. The van der Waals surface area contributed by atoms with Crippen molar-refractivity contribution in [3.05, 3.63) is 83.9 Å². The minimum Gasteiger partial charge on any atom is -0.267 e. The lowest BCUT2D eigenvalue weighted by molar-refractivity contribution is 0.484. The average molecular weight is 410 g/mol. The fourth-order valence-electron chi connectivity index (χ4n) is 2.98. The molecule has 2 aromatic carbocycles. The Morgan fingerprint density at radius 2 is 1.17 bits per heavy atom. The van der Waals surface area contributed by atoms with Crippen molar-refractivity contribution in [2.45, 2.75) is 0 Å². The Kier molecular flexibility index (Phi) is 10.1. The number of benzene rings is 2. The molecule has 0 unspecified atom stereocenters. The Balaban J connectivity index is 0.000000331. The largest absolute Gasteiger partial charge is 0.267 e. The first-order chi connectivity index (χ1) is 13.7. The van der Waals surface area contributed by atoms with Crippen LogP contribution in [0.2, 0.25) is 0 Å². The lowest BCUT2D eigenvalue weighted by Crippen LogP contribution is -2.30. The van der Waals surface area contributed by atoms with Crippen molar-refractivity contribution in [3.63, 3.8) is 0 Å². The topological polar surface area (TPSA) is 9.72 Å². The summed E-state index contributed by atoms with van der Waals surface area (Å²) in [6, 6.07) is 16.4. The van der Waals surface area contributed by atoms with Crippen LogP contribution in [0.25, 0.3) is 24.3 Å². The highest BCUT2D eigenvalue weighted by Crippen LogP contribution is 2.50. The third kappa shape index (κ3) is 6.69. The number of hydrogen-bond donors (Lipinski definition) is 0. The monoisotopic (exact) mass is 409 g/mol. The number of nitrogens with zero attached hydrogens (tertiary/aromatic N) is 3. The first kappa shape index (κ1) is 24.9. The van der Waals surface area contributed by atoms with Gasteiger partial charge < -0.3 is 0 Å². The van der Waals surface area contributed by atoms with E-state index in [1.807, 2.05) is 42.5 Å². The summed E-state index contributed by atoms with van der Waals surface area (Å²) in [4.78, 5) is 0. The summed E-state index contributed by atoms with van der Waals surface area (Å²) < 4.78 is 6.56. The van der Waals surface area contributed by atoms with Crippen LogP contribution in [-0.2, 0) is 0 Å². The molecule has 156 valence electrons. The second kappa shape index (κ2) is 11.7. The van der Waals surface area contributed by atoms with Crippen LogP contribution in [0.5, 0.6) is 0 Å². The van der Waals surface area contributed by atoms with Gasteiger partial charge in [0.2, 0.25) is 0 Å². The van der Waals surface area contributed by atoms with Gasteiger partial charge in [-0.25, -0.2) is 0 Å². The minimum atomic E-state index is -1.44. The van der Waals surface area contributed by atoms with Gasteiger partial charge in [-0.15, -0.1) is 0 Å². The van der Waals surface area contributed by atoms with E-state index in [2.05, 4.69) is 106 Å². The normalized spacial score (nSPS) is 11.6. The van der Waals surface area contributed by atoms with Gasteiger partial charge >= 0.3 is 0 Å². The smallest absolute Gasteiger partial charge is 0.0729 e. The maximum atomic E-state index is 4.26. The molecule has 0 aliphatic carbocycles. The lowest BCUT2D eigenvalue weighted by atomic mass is 10.00. The molecule has 4 heteroatoms. The first-order valence-corrected chi connectivity index (χ1v) is 11.4. The molecule has 0 aliphatic rings. The van der Waals surface area contributed by atoms with E-state index >= 15 is 0 Å². The van der Waals surface area contributed by atoms with E-state index in [9.17, 15) is 0 Å². The zero-order valence-electron chi connectivity index (χ0n) is 18.8. The Labute approximate surface area is 178 Å². The molecular formula is C25H36N3P. The highest BCUT2D eigenvalue weighted by molar-refractivity contribution is 7.66. The van der Waals surface area contributed by atoms with Gasteiger partial charge in [-0.1, -0.05) is 92.3 Å².